The summed E-state index contributed by atoms with van der Waals surface area (Å²) in [6, 6.07) is 10.1. The van der Waals surface area contributed by atoms with Gasteiger partial charge in [0.25, 0.3) is 5.91 Å². The van der Waals surface area contributed by atoms with E-state index in [4.69, 9.17) is 4.74 Å². The number of hydrogen-bond acceptors (Lipinski definition) is 4. The Morgan fingerprint density at radius 1 is 1.13 bits per heavy atom. The first-order valence-corrected chi connectivity index (χ1v) is 6.71. The lowest BCUT2D eigenvalue weighted by Crippen LogP contribution is -2.21. The molecule has 116 valence electrons. The number of para-hydroxylation sites is 1. The summed E-state index contributed by atoms with van der Waals surface area (Å²) < 4.78 is 31.6. The summed E-state index contributed by atoms with van der Waals surface area (Å²) in [6.07, 6.45) is 1.33. The molecule has 1 amide bonds. The fourth-order valence-corrected chi connectivity index (χ4v) is 2.01. The summed E-state index contributed by atoms with van der Waals surface area (Å²) >= 11 is 0. The molecule has 0 saturated carbocycles. The van der Waals surface area contributed by atoms with Gasteiger partial charge in [0.05, 0.1) is 16.6 Å². The Kier molecular flexibility index (Phi) is 4.09. The molecule has 3 aromatic rings. The molecule has 1 N–H and O–H groups in total. The van der Waals surface area contributed by atoms with Crippen LogP contribution < -0.4 is 10.1 Å². The predicted octanol–water partition coefficient (Wildman–Crippen LogP) is 2.93. The molecule has 5 nitrogen and oxygen atoms in total. The van der Waals surface area contributed by atoms with Crippen LogP contribution >= 0.6 is 0 Å². The van der Waals surface area contributed by atoms with Crippen LogP contribution in [0.2, 0.25) is 0 Å². The Balaban J connectivity index is 1.69. The highest BCUT2D eigenvalue weighted by molar-refractivity contribution is 5.92. The van der Waals surface area contributed by atoms with E-state index in [2.05, 4.69) is 15.3 Å². The molecule has 0 radical (unpaired) electrons. The first-order chi connectivity index (χ1) is 11.1. The standard InChI is InChI=1S/C16H11F2N3O2/c17-10-5-6-14(12(18)7-10)21-15(22)8-23-16-11-3-1-2-4-13(11)19-9-20-16/h1-7,9H,8H2,(H,21,22). The number of nitrogens with zero attached hydrogens (tertiary/aromatic N) is 2. The van der Waals surface area contributed by atoms with E-state index in [9.17, 15) is 13.6 Å². The van der Waals surface area contributed by atoms with Gasteiger partial charge in [-0.05, 0) is 24.3 Å². The monoisotopic (exact) mass is 315 g/mol. The minimum Gasteiger partial charge on any atom is -0.467 e. The van der Waals surface area contributed by atoms with Crippen molar-refractivity contribution in [2.45, 2.75) is 0 Å². The molecule has 7 heteroatoms. The lowest BCUT2D eigenvalue weighted by Gasteiger charge is -2.09. The third-order valence-corrected chi connectivity index (χ3v) is 3.05. The molecule has 0 unspecified atom stereocenters. The van der Waals surface area contributed by atoms with E-state index in [1.165, 1.54) is 6.33 Å². The van der Waals surface area contributed by atoms with Crippen molar-refractivity contribution in [2.24, 2.45) is 0 Å². The van der Waals surface area contributed by atoms with Gasteiger partial charge < -0.3 is 10.1 Å². The van der Waals surface area contributed by atoms with Crippen LogP contribution in [0.1, 0.15) is 0 Å². The van der Waals surface area contributed by atoms with E-state index in [0.29, 0.717) is 17.0 Å². The zero-order chi connectivity index (χ0) is 16.2. The normalized spacial score (nSPS) is 10.5. The lowest BCUT2D eigenvalue weighted by molar-refractivity contribution is -0.118. The topological polar surface area (TPSA) is 64.1 Å². The van der Waals surface area contributed by atoms with Crippen LogP contribution in [0.3, 0.4) is 0 Å². The van der Waals surface area contributed by atoms with Gasteiger partial charge >= 0.3 is 0 Å². The lowest BCUT2D eigenvalue weighted by atomic mass is 10.2. The van der Waals surface area contributed by atoms with Gasteiger partial charge in [-0.3, -0.25) is 4.79 Å². The number of benzene rings is 2. The highest BCUT2D eigenvalue weighted by Crippen LogP contribution is 2.20. The van der Waals surface area contributed by atoms with Gasteiger partial charge in [-0.2, -0.15) is 0 Å². The van der Waals surface area contributed by atoms with Gasteiger partial charge in [0.15, 0.2) is 6.61 Å². The summed E-state index contributed by atoms with van der Waals surface area (Å²) in [4.78, 5) is 19.9. The molecule has 0 spiro atoms. The van der Waals surface area contributed by atoms with Crippen LogP contribution in [0.15, 0.2) is 48.8 Å². The van der Waals surface area contributed by atoms with Crippen LogP contribution in [0.25, 0.3) is 10.9 Å². The molecule has 3 rings (SSSR count). The van der Waals surface area contributed by atoms with Gasteiger partial charge in [0.2, 0.25) is 5.88 Å². The van der Waals surface area contributed by atoms with E-state index in [1.54, 1.807) is 18.2 Å². The number of carbonyl (C=O) groups is 1. The van der Waals surface area contributed by atoms with Gasteiger partial charge in [-0.15, -0.1) is 0 Å². The van der Waals surface area contributed by atoms with E-state index >= 15 is 0 Å². The number of rotatable bonds is 4. The summed E-state index contributed by atoms with van der Waals surface area (Å²) in [5.41, 5.74) is 0.565. The third kappa shape index (κ3) is 3.39. The second-order valence-electron chi connectivity index (χ2n) is 4.66. The van der Waals surface area contributed by atoms with E-state index in [1.807, 2.05) is 6.07 Å². The molecule has 0 aliphatic rings. The number of anilines is 1. The van der Waals surface area contributed by atoms with E-state index in [0.717, 1.165) is 12.1 Å². The maximum Gasteiger partial charge on any atom is 0.262 e. The van der Waals surface area contributed by atoms with Gasteiger partial charge in [-0.25, -0.2) is 18.7 Å². The summed E-state index contributed by atoms with van der Waals surface area (Å²) in [6.45, 7) is -0.363. The third-order valence-electron chi connectivity index (χ3n) is 3.05. The molecule has 0 atom stereocenters. The number of halogens is 2. The number of carbonyl (C=O) groups excluding carboxylic acids is 1. The number of ether oxygens (including phenoxy) is 1. The minimum absolute atomic E-state index is 0.118. The largest absolute Gasteiger partial charge is 0.467 e. The SMILES string of the molecule is O=C(COc1ncnc2ccccc12)Nc1ccc(F)cc1F. The van der Waals surface area contributed by atoms with Crippen LogP contribution in [0, 0.1) is 11.6 Å². The quantitative estimate of drug-likeness (QED) is 0.804. The minimum atomic E-state index is -0.856. The molecular formula is C16H11F2N3O2. The Labute approximate surface area is 129 Å². The highest BCUT2D eigenvalue weighted by atomic mass is 19.1. The summed E-state index contributed by atoms with van der Waals surface area (Å²) in [5.74, 6) is -1.90. The van der Waals surface area contributed by atoms with Crippen molar-refractivity contribution in [2.75, 3.05) is 11.9 Å². The molecule has 0 aliphatic carbocycles. The predicted molar refractivity (Wildman–Crippen MR) is 80.0 cm³/mol. The fraction of sp³-hybridized carbons (Fsp3) is 0.0625. The number of aromatic nitrogens is 2. The van der Waals surface area contributed by atoms with E-state index in [-0.39, 0.29) is 18.2 Å². The molecule has 23 heavy (non-hydrogen) atoms. The van der Waals surface area contributed by atoms with Crippen LogP contribution in [0.5, 0.6) is 5.88 Å². The van der Waals surface area contributed by atoms with Crippen LogP contribution in [-0.2, 0) is 4.79 Å². The Hall–Kier alpha value is -3.09. The van der Waals surface area contributed by atoms with Crippen molar-refractivity contribution in [1.29, 1.82) is 0 Å². The van der Waals surface area contributed by atoms with Crippen molar-refractivity contribution in [1.82, 2.24) is 9.97 Å². The Bertz CT molecular complexity index is 866. The van der Waals surface area contributed by atoms with Crippen molar-refractivity contribution >= 4 is 22.5 Å². The number of amides is 1. The molecule has 1 aromatic heterocycles. The first kappa shape index (κ1) is 14.8. The number of fused-ring (bicyclic) bond motifs is 1. The van der Waals surface area contributed by atoms with Crippen molar-refractivity contribution in [3.05, 3.63) is 60.4 Å². The van der Waals surface area contributed by atoms with Gasteiger partial charge in [-0.1, -0.05) is 12.1 Å². The zero-order valence-electron chi connectivity index (χ0n) is 11.8. The van der Waals surface area contributed by atoms with Gasteiger partial charge in [0, 0.05) is 6.07 Å². The molecule has 0 aliphatic heterocycles. The van der Waals surface area contributed by atoms with Crippen molar-refractivity contribution < 1.29 is 18.3 Å². The molecule has 0 saturated heterocycles. The second kappa shape index (κ2) is 6.35. The Morgan fingerprint density at radius 3 is 2.78 bits per heavy atom. The Morgan fingerprint density at radius 2 is 1.96 bits per heavy atom. The maximum atomic E-state index is 13.5. The fourth-order valence-electron chi connectivity index (χ4n) is 2.01. The number of nitrogens with one attached hydrogen (secondary N) is 1. The van der Waals surface area contributed by atoms with Crippen LogP contribution in [-0.4, -0.2) is 22.5 Å². The van der Waals surface area contributed by atoms with Crippen LogP contribution in [0.4, 0.5) is 14.5 Å². The molecular weight excluding hydrogens is 304 g/mol. The first-order valence-electron chi connectivity index (χ1n) is 6.71. The molecule has 2 aromatic carbocycles. The second-order valence-corrected chi connectivity index (χ2v) is 4.66. The average molecular weight is 315 g/mol. The smallest absolute Gasteiger partial charge is 0.262 e. The summed E-state index contributed by atoms with van der Waals surface area (Å²) in [5, 5.41) is 2.97. The molecule has 0 fully saturated rings. The van der Waals surface area contributed by atoms with Gasteiger partial charge in [0.1, 0.15) is 18.0 Å². The zero-order valence-corrected chi connectivity index (χ0v) is 11.8. The molecule has 0 bridgehead atoms. The summed E-state index contributed by atoms with van der Waals surface area (Å²) in [7, 11) is 0. The number of hydrogen-bond donors (Lipinski definition) is 1. The average Bonchev–Trinajstić information content (AvgIpc) is 2.55. The maximum absolute atomic E-state index is 13.5. The van der Waals surface area contributed by atoms with E-state index < -0.39 is 17.5 Å². The van der Waals surface area contributed by atoms with Crippen molar-refractivity contribution in [3.8, 4) is 5.88 Å². The highest BCUT2D eigenvalue weighted by Gasteiger charge is 2.10. The molecule has 1 heterocycles. The van der Waals surface area contributed by atoms with Crippen molar-refractivity contribution in [3.63, 3.8) is 0 Å².